The molecule has 7 atom stereocenters. The molecule has 0 heteroatoms. The summed E-state index contributed by atoms with van der Waals surface area (Å²) in [6.45, 7) is 7.78. The first-order valence-corrected chi connectivity index (χ1v) is 8.22. The molecule has 4 rings (SSSR count). The lowest BCUT2D eigenvalue weighted by atomic mass is 9.65. The van der Waals surface area contributed by atoms with Crippen molar-refractivity contribution in [3.63, 3.8) is 0 Å². The van der Waals surface area contributed by atoms with Gasteiger partial charge in [0.2, 0.25) is 0 Å². The Morgan fingerprint density at radius 1 is 1.06 bits per heavy atom. The summed E-state index contributed by atoms with van der Waals surface area (Å²) in [4.78, 5) is 0. The van der Waals surface area contributed by atoms with Crippen LogP contribution in [-0.4, -0.2) is 0 Å². The van der Waals surface area contributed by atoms with E-state index in [0.717, 1.165) is 29.6 Å². The number of allylic oxidation sites excluding steroid dienone is 2. The van der Waals surface area contributed by atoms with Gasteiger partial charge >= 0.3 is 0 Å². The molecule has 0 amide bonds. The second kappa shape index (κ2) is 3.44. The van der Waals surface area contributed by atoms with Crippen molar-refractivity contribution in [3.05, 3.63) is 12.2 Å². The van der Waals surface area contributed by atoms with Crippen LogP contribution in [0.4, 0.5) is 0 Å². The predicted molar refractivity (Wildman–Crippen MR) is 76.2 cm³/mol. The van der Waals surface area contributed by atoms with Crippen LogP contribution in [0.2, 0.25) is 0 Å². The minimum Gasteiger partial charge on any atom is -0.0882 e. The Labute approximate surface area is 112 Å². The standard InChI is InChI=1S/C18H28/c1-12-7-8-15-14-10-13-6-4-5-9-17(13,2)16(14)11-18(12,15)3/h4,6,12-16H,5,7-11H2,1-3H3. The Balaban J connectivity index is 1.71. The second-order valence-electron chi connectivity index (χ2n) is 8.38. The third-order valence-corrected chi connectivity index (χ3v) is 8.02. The molecule has 0 bridgehead atoms. The summed E-state index contributed by atoms with van der Waals surface area (Å²) < 4.78 is 0. The fourth-order valence-electron chi connectivity index (χ4n) is 6.63. The summed E-state index contributed by atoms with van der Waals surface area (Å²) in [5.74, 6) is 5.08. The lowest BCUT2D eigenvalue weighted by Gasteiger charge is -2.40. The van der Waals surface area contributed by atoms with E-state index in [0.29, 0.717) is 10.8 Å². The van der Waals surface area contributed by atoms with E-state index in [-0.39, 0.29) is 0 Å². The first-order valence-electron chi connectivity index (χ1n) is 8.22. The van der Waals surface area contributed by atoms with Gasteiger partial charge in [-0.25, -0.2) is 0 Å². The first-order chi connectivity index (χ1) is 8.56. The van der Waals surface area contributed by atoms with Crippen LogP contribution < -0.4 is 0 Å². The van der Waals surface area contributed by atoms with Crippen LogP contribution in [0.3, 0.4) is 0 Å². The van der Waals surface area contributed by atoms with Gasteiger partial charge in [0.1, 0.15) is 0 Å². The lowest BCUT2D eigenvalue weighted by molar-refractivity contribution is 0.119. The van der Waals surface area contributed by atoms with Crippen molar-refractivity contribution >= 4 is 0 Å². The molecule has 0 aromatic heterocycles. The third kappa shape index (κ3) is 1.18. The smallest absolute Gasteiger partial charge is 0.0174 e. The van der Waals surface area contributed by atoms with Crippen molar-refractivity contribution in [2.75, 3.05) is 0 Å². The molecule has 100 valence electrons. The van der Waals surface area contributed by atoms with Gasteiger partial charge in [0.25, 0.3) is 0 Å². The predicted octanol–water partition coefficient (Wildman–Crippen LogP) is 5.05. The number of fused-ring (bicyclic) bond motifs is 5. The molecule has 0 nitrogen and oxygen atoms in total. The maximum atomic E-state index is 2.63. The molecular formula is C18H28. The SMILES string of the molecule is CC1CCC2C3CC4C=CCCC4(C)C3CC12C. The molecule has 0 radical (unpaired) electrons. The Bertz CT molecular complexity index is 395. The van der Waals surface area contributed by atoms with E-state index in [1.807, 2.05) is 0 Å². The molecule has 0 spiro atoms. The Morgan fingerprint density at radius 3 is 2.72 bits per heavy atom. The molecule has 4 aliphatic rings. The van der Waals surface area contributed by atoms with Crippen LogP contribution in [-0.2, 0) is 0 Å². The van der Waals surface area contributed by atoms with Crippen LogP contribution >= 0.6 is 0 Å². The van der Waals surface area contributed by atoms with Crippen LogP contribution in [0.25, 0.3) is 0 Å². The average molecular weight is 244 g/mol. The highest BCUT2D eigenvalue weighted by Crippen LogP contribution is 2.71. The topological polar surface area (TPSA) is 0 Å². The van der Waals surface area contributed by atoms with Gasteiger partial charge in [0, 0.05) is 0 Å². The van der Waals surface area contributed by atoms with Gasteiger partial charge in [-0.15, -0.1) is 0 Å². The van der Waals surface area contributed by atoms with E-state index in [2.05, 4.69) is 32.9 Å². The minimum absolute atomic E-state index is 0.659. The minimum atomic E-state index is 0.659. The molecule has 0 aromatic carbocycles. The zero-order valence-corrected chi connectivity index (χ0v) is 12.3. The van der Waals surface area contributed by atoms with Gasteiger partial charge < -0.3 is 0 Å². The number of hydrogen-bond acceptors (Lipinski definition) is 0. The third-order valence-electron chi connectivity index (χ3n) is 8.02. The normalized spacial score (nSPS) is 61.6. The van der Waals surface area contributed by atoms with Crippen molar-refractivity contribution in [2.24, 2.45) is 40.4 Å². The summed E-state index contributed by atoms with van der Waals surface area (Å²) in [5, 5.41) is 0. The van der Waals surface area contributed by atoms with Crippen molar-refractivity contribution in [1.82, 2.24) is 0 Å². The molecule has 0 saturated heterocycles. The molecule has 3 fully saturated rings. The van der Waals surface area contributed by atoms with Crippen molar-refractivity contribution < 1.29 is 0 Å². The van der Waals surface area contributed by atoms with E-state index in [9.17, 15) is 0 Å². The lowest BCUT2D eigenvalue weighted by Crippen LogP contribution is -2.32. The Hall–Kier alpha value is -0.260. The van der Waals surface area contributed by atoms with Crippen LogP contribution in [0, 0.1) is 40.4 Å². The summed E-state index contributed by atoms with van der Waals surface area (Å²) in [6, 6.07) is 0. The summed E-state index contributed by atoms with van der Waals surface area (Å²) >= 11 is 0. The molecule has 18 heavy (non-hydrogen) atoms. The molecule has 0 aliphatic heterocycles. The van der Waals surface area contributed by atoms with E-state index in [1.54, 1.807) is 6.42 Å². The summed E-state index contributed by atoms with van der Waals surface area (Å²) in [5.41, 5.74) is 1.36. The fraction of sp³-hybridized carbons (Fsp3) is 0.889. The van der Waals surface area contributed by atoms with Gasteiger partial charge in [-0.1, -0.05) is 32.9 Å². The van der Waals surface area contributed by atoms with Crippen LogP contribution in [0.15, 0.2) is 12.2 Å². The maximum absolute atomic E-state index is 2.63. The zero-order valence-electron chi connectivity index (χ0n) is 12.3. The highest BCUT2D eigenvalue weighted by atomic mass is 14.7. The van der Waals surface area contributed by atoms with Crippen LogP contribution in [0.5, 0.6) is 0 Å². The van der Waals surface area contributed by atoms with E-state index >= 15 is 0 Å². The quantitative estimate of drug-likeness (QED) is 0.523. The number of rotatable bonds is 0. The van der Waals surface area contributed by atoms with E-state index in [1.165, 1.54) is 32.1 Å². The molecular weight excluding hydrogens is 216 g/mol. The highest BCUT2D eigenvalue weighted by molar-refractivity contribution is 5.18. The van der Waals surface area contributed by atoms with Gasteiger partial charge in [-0.05, 0) is 78.9 Å². The molecule has 3 saturated carbocycles. The van der Waals surface area contributed by atoms with Crippen molar-refractivity contribution in [1.29, 1.82) is 0 Å². The van der Waals surface area contributed by atoms with Crippen molar-refractivity contribution in [3.8, 4) is 0 Å². The molecule has 7 unspecified atom stereocenters. The van der Waals surface area contributed by atoms with Gasteiger partial charge in [-0.2, -0.15) is 0 Å². The Kier molecular flexibility index (Phi) is 2.21. The first kappa shape index (κ1) is 11.6. The summed E-state index contributed by atoms with van der Waals surface area (Å²) in [7, 11) is 0. The largest absolute Gasteiger partial charge is 0.0882 e. The summed E-state index contributed by atoms with van der Waals surface area (Å²) in [6.07, 6.45) is 13.9. The molecule has 0 N–H and O–H groups in total. The zero-order chi connectivity index (χ0) is 12.5. The van der Waals surface area contributed by atoms with Gasteiger partial charge in [0.15, 0.2) is 0 Å². The highest BCUT2D eigenvalue weighted by Gasteiger charge is 2.64. The van der Waals surface area contributed by atoms with Crippen molar-refractivity contribution in [2.45, 2.75) is 59.3 Å². The molecule has 0 aromatic rings. The second-order valence-corrected chi connectivity index (χ2v) is 8.38. The maximum Gasteiger partial charge on any atom is -0.0174 e. The Morgan fingerprint density at radius 2 is 1.89 bits per heavy atom. The van der Waals surface area contributed by atoms with E-state index in [4.69, 9.17) is 0 Å². The fourth-order valence-corrected chi connectivity index (χ4v) is 6.63. The van der Waals surface area contributed by atoms with Gasteiger partial charge in [-0.3, -0.25) is 0 Å². The van der Waals surface area contributed by atoms with Crippen LogP contribution in [0.1, 0.15) is 59.3 Å². The molecule has 0 heterocycles. The molecule has 4 aliphatic carbocycles. The number of hydrogen-bond donors (Lipinski definition) is 0. The monoisotopic (exact) mass is 244 g/mol. The van der Waals surface area contributed by atoms with E-state index < -0.39 is 0 Å². The average Bonchev–Trinajstić information content (AvgIpc) is 2.88. The van der Waals surface area contributed by atoms with Gasteiger partial charge in [0.05, 0.1) is 0 Å².